The Hall–Kier alpha value is -0.570. The quantitative estimate of drug-likeness (QED) is 0.503. The molecule has 3 heteroatoms. The molecule has 1 fully saturated rings. The minimum Gasteiger partial charge on any atom is -0.463 e. The summed E-state index contributed by atoms with van der Waals surface area (Å²) >= 11 is 0. The third kappa shape index (κ3) is 3.82. The summed E-state index contributed by atoms with van der Waals surface area (Å²) in [4.78, 5) is 11.8. The van der Waals surface area contributed by atoms with Gasteiger partial charge in [0.2, 0.25) is 0 Å². The summed E-state index contributed by atoms with van der Waals surface area (Å²) in [5.74, 6) is 0.689. The first-order valence-electron chi connectivity index (χ1n) is 5.84. The van der Waals surface area contributed by atoms with Gasteiger partial charge in [0, 0.05) is 0 Å². The smallest absolute Gasteiger partial charge is 0.309 e. The van der Waals surface area contributed by atoms with Crippen molar-refractivity contribution < 1.29 is 14.3 Å². The van der Waals surface area contributed by atoms with E-state index >= 15 is 0 Å². The number of hydrogen-bond donors (Lipinski definition) is 0. The topological polar surface area (TPSA) is 38.8 Å². The molecule has 0 radical (unpaired) electrons. The summed E-state index contributed by atoms with van der Waals surface area (Å²) in [5.41, 5.74) is 0. The molecule has 15 heavy (non-hydrogen) atoms. The molecule has 0 bridgehead atoms. The van der Waals surface area contributed by atoms with E-state index in [1.54, 1.807) is 0 Å². The van der Waals surface area contributed by atoms with E-state index in [1.807, 2.05) is 0 Å². The Labute approximate surface area is 92.1 Å². The number of ether oxygens (including phenoxy) is 2. The van der Waals surface area contributed by atoms with Gasteiger partial charge in [0.15, 0.2) is 0 Å². The number of hydrogen-bond acceptors (Lipinski definition) is 3. The van der Waals surface area contributed by atoms with Crippen LogP contribution in [0, 0.1) is 17.8 Å². The average molecular weight is 214 g/mol. The molecule has 0 spiro atoms. The van der Waals surface area contributed by atoms with Crippen molar-refractivity contribution in [2.24, 2.45) is 17.8 Å². The summed E-state index contributed by atoms with van der Waals surface area (Å²) in [5, 5.41) is 0. The fourth-order valence-corrected chi connectivity index (χ4v) is 1.85. The van der Waals surface area contributed by atoms with Crippen LogP contribution in [0.3, 0.4) is 0 Å². The summed E-state index contributed by atoms with van der Waals surface area (Å²) < 4.78 is 10.3. The van der Waals surface area contributed by atoms with Crippen LogP contribution in [0.4, 0.5) is 0 Å². The molecule has 0 aromatic heterocycles. The van der Waals surface area contributed by atoms with Gasteiger partial charge in [-0.3, -0.25) is 4.79 Å². The normalized spacial score (nSPS) is 23.7. The van der Waals surface area contributed by atoms with Crippen molar-refractivity contribution in [3.05, 3.63) is 0 Å². The lowest BCUT2D eigenvalue weighted by molar-refractivity contribution is -0.152. The zero-order valence-corrected chi connectivity index (χ0v) is 10.2. The van der Waals surface area contributed by atoms with Crippen LogP contribution in [0.2, 0.25) is 0 Å². The van der Waals surface area contributed by atoms with Crippen molar-refractivity contribution in [1.29, 1.82) is 0 Å². The highest BCUT2D eigenvalue weighted by atomic mass is 16.6. The SMILES string of the molecule is CCC(C)C(C(=O)OCC1CO1)C(C)C. The molecule has 1 aliphatic rings. The lowest BCUT2D eigenvalue weighted by Gasteiger charge is -2.24. The van der Waals surface area contributed by atoms with Crippen LogP contribution in [0.25, 0.3) is 0 Å². The van der Waals surface area contributed by atoms with E-state index in [4.69, 9.17) is 9.47 Å². The van der Waals surface area contributed by atoms with E-state index in [9.17, 15) is 4.79 Å². The lowest BCUT2D eigenvalue weighted by Crippen LogP contribution is -2.29. The first-order chi connectivity index (χ1) is 7.06. The van der Waals surface area contributed by atoms with Crippen molar-refractivity contribution in [1.82, 2.24) is 0 Å². The maximum Gasteiger partial charge on any atom is 0.309 e. The molecule has 1 saturated heterocycles. The van der Waals surface area contributed by atoms with E-state index in [0.717, 1.165) is 13.0 Å². The molecule has 0 amide bonds. The minimum absolute atomic E-state index is 0.0220. The van der Waals surface area contributed by atoms with E-state index in [0.29, 0.717) is 18.4 Å². The predicted molar refractivity (Wildman–Crippen MR) is 58.5 cm³/mol. The Bertz CT molecular complexity index is 209. The van der Waals surface area contributed by atoms with Gasteiger partial charge in [-0.15, -0.1) is 0 Å². The fraction of sp³-hybridized carbons (Fsp3) is 0.917. The summed E-state index contributed by atoms with van der Waals surface area (Å²) in [6, 6.07) is 0. The zero-order valence-electron chi connectivity index (χ0n) is 10.2. The van der Waals surface area contributed by atoms with Gasteiger partial charge in [0.05, 0.1) is 12.5 Å². The van der Waals surface area contributed by atoms with Gasteiger partial charge in [0.1, 0.15) is 12.7 Å². The molecule has 3 unspecified atom stereocenters. The van der Waals surface area contributed by atoms with Gasteiger partial charge in [-0.1, -0.05) is 34.1 Å². The Kier molecular flexibility index (Phi) is 4.58. The predicted octanol–water partition coefficient (Wildman–Crippen LogP) is 2.25. The van der Waals surface area contributed by atoms with Gasteiger partial charge >= 0.3 is 5.97 Å². The monoisotopic (exact) mass is 214 g/mol. The summed E-state index contributed by atoms with van der Waals surface area (Å²) in [7, 11) is 0. The van der Waals surface area contributed by atoms with Crippen molar-refractivity contribution in [2.45, 2.75) is 40.2 Å². The molecule has 88 valence electrons. The van der Waals surface area contributed by atoms with Crippen molar-refractivity contribution in [3.63, 3.8) is 0 Å². The molecule has 0 aliphatic carbocycles. The summed E-state index contributed by atoms with van der Waals surface area (Å²) in [6.07, 6.45) is 1.18. The van der Waals surface area contributed by atoms with Crippen LogP contribution in [-0.4, -0.2) is 25.3 Å². The van der Waals surface area contributed by atoms with Crippen molar-refractivity contribution >= 4 is 5.97 Å². The Morgan fingerprint density at radius 3 is 2.47 bits per heavy atom. The molecular weight excluding hydrogens is 192 g/mol. The largest absolute Gasteiger partial charge is 0.463 e. The second kappa shape index (κ2) is 5.50. The molecule has 0 aromatic carbocycles. The highest BCUT2D eigenvalue weighted by Gasteiger charge is 2.31. The van der Waals surface area contributed by atoms with E-state index in [-0.39, 0.29) is 18.0 Å². The van der Waals surface area contributed by atoms with Gasteiger partial charge in [-0.25, -0.2) is 0 Å². The number of carbonyl (C=O) groups is 1. The van der Waals surface area contributed by atoms with Gasteiger partial charge in [0.25, 0.3) is 0 Å². The molecular formula is C12H22O3. The van der Waals surface area contributed by atoms with E-state index in [2.05, 4.69) is 27.7 Å². The molecule has 1 rings (SSSR count). The maximum atomic E-state index is 11.8. The lowest BCUT2D eigenvalue weighted by atomic mass is 9.83. The Morgan fingerprint density at radius 1 is 1.47 bits per heavy atom. The third-order valence-corrected chi connectivity index (χ3v) is 3.06. The van der Waals surface area contributed by atoms with Gasteiger partial charge in [-0.05, 0) is 11.8 Å². The van der Waals surface area contributed by atoms with Crippen LogP contribution >= 0.6 is 0 Å². The van der Waals surface area contributed by atoms with Crippen molar-refractivity contribution in [3.8, 4) is 0 Å². The molecule has 1 heterocycles. The Morgan fingerprint density at radius 2 is 2.07 bits per heavy atom. The van der Waals surface area contributed by atoms with Crippen LogP contribution < -0.4 is 0 Å². The minimum atomic E-state index is -0.0603. The second-order valence-corrected chi connectivity index (χ2v) is 4.74. The number of epoxide rings is 1. The first kappa shape index (κ1) is 12.5. The maximum absolute atomic E-state index is 11.8. The van der Waals surface area contributed by atoms with Crippen LogP contribution in [0.15, 0.2) is 0 Å². The average Bonchev–Trinajstić information content (AvgIpc) is 2.97. The zero-order chi connectivity index (χ0) is 11.4. The molecule has 0 saturated carbocycles. The number of carbonyl (C=O) groups excluding carboxylic acids is 1. The number of esters is 1. The second-order valence-electron chi connectivity index (χ2n) is 4.74. The highest BCUT2D eigenvalue weighted by Crippen LogP contribution is 2.25. The van der Waals surface area contributed by atoms with Crippen LogP contribution in [0.1, 0.15) is 34.1 Å². The molecule has 0 N–H and O–H groups in total. The van der Waals surface area contributed by atoms with Gasteiger partial charge in [-0.2, -0.15) is 0 Å². The fourth-order valence-electron chi connectivity index (χ4n) is 1.85. The van der Waals surface area contributed by atoms with Gasteiger partial charge < -0.3 is 9.47 Å². The Balaban J connectivity index is 2.41. The third-order valence-electron chi connectivity index (χ3n) is 3.06. The van der Waals surface area contributed by atoms with E-state index in [1.165, 1.54) is 0 Å². The molecule has 0 aromatic rings. The van der Waals surface area contributed by atoms with Crippen LogP contribution in [-0.2, 0) is 14.3 Å². The molecule has 3 atom stereocenters. The first-order valence-corrected chi connectivity index (χ1v) is 5.84. The molecule has 3 nitrogen and oxygen atoms in total. The number of rotatable bonds is 6. The highest BCUT2D eigenvalue weighted by molar-refractivity contribution is 5.73. The standard InChI is InChI=1S/C12H22O3/c1-5-9(4)11(8(2)3)12(13)15-7-10-6-14-10/h8-11H,5-7H2,1-4H3. The van der Waals surface area contributed by atoms with Crippen LogP contribution in [0.5, 0.6) is 0 Å². The van der Waals surface area contributed by atoms with Crippen molar-refractivity contribution in [2.75, 3.05) is 13.2 Å². The van der Waals surface area contributed by atoms with E-state index < -0.39 is 0 Å². The summed E-state index contributed by atoms with van der Waals surface area (Å²) in [6.45, 7) is 9.54. The molecule has 1 aliphatic heterocycles.